The first-order valence-corrected chi connectivity index (χ1v) is 7.55. The largest absolute Gasteiger partial charge is 0.477 e. The van der Waals surface area contributed by atoms with Gasteiger partial charge in [-0.05, 0) is 24.3 Å². The Balaban J connectivity index is 2.30. The van der Waals surface area contributed by atoms with Crippen LogP contribution in [0.15, 0.2) is 41.3 Å². The van der Waals surface area contributed by atoms with Gasteiger partial charge in [0, 0.05) is 12.3 Å². The molecule has 10 heteroatoms. The molecule has 2 heterocycles. The first-order valence-electron chi connectivity index (χ1n) is 7.55. The Morgan fingerprint density at radius 1 is 1.22 bits per heavy atom. The van der Waals surface area contributed by atoms with E-state index in [0.29, 0.717) is 6.07 Å². The number of benzene rings is 1. The van der Waals surface area contributed by atoms with Crippen molar-refractivity contribution in [1.82, 2.24) is 9.55 Å². The Hall–Kier alpha value is -3.43. The van der Waals surface area contributed by atoms with Crippen LogP contribution in [0.2, 0.25) is 0 Å². The Bertz CT molecular complexity index is 1100. The van der Waals surface area contributed by atoms with E-state index in [9.17, 15) is 32.3 Å². The van der Waals surface area contributed by atoms with Crippen LogP contribution < -0.4 is 10.7 Å². The molecule has 0 amide bonds. The highest BCUT2D eigenvalue weighted by molar-refractivity contribution is 5.92. The number of carboxylic acid groups (broad SMARTS) is 1. The third kappa shape index (κ3) is 3.59. The fourth-order valence-corrected chi connectivity index (χ4v) is 2.50. The molecular weight excluding hydrogens is 370 g/mol. The number of nitrogens with zero attached hydrogens (tertiary/aromatic N) is 2. The quantitative estimate of drug-likeness (QED) is 0.664. The highest BCUT2D eigenvalue weighted by Crippen LogP contribution is 2.21. The summed E-state index contributed by atoms with van der Waals surface area (Å²) in [7, 11) is 0. The van der Waals surface area contributed by atoms with Crippen LogP contribution in [0.3, 0.4) is 0 Å². The summed E-state index contributed by atoms with van der Waals surface area (Å²) in [5, 5.41) is 11.4. The molecule has 0 spiro atoms. The van der Waals surface area contributed by atoms with Gasteiger partial charge in [0.25, 0.3) is 6.43 Å². The minimum Gasteiger partial charge on any atom is -0.477 e. The SMILES string of the molecule is O=C(O)c1cn(-c2ccc(F)cc2F)c2nc(NCC(F)F)ccc2c1=O. The van der Waals surface area contributed by atoms with E-state index in [4.69, 9.17) is 0 Å². The molecule has 0 atom stereocenters. The smallest absolute Gasteiger partial charge is 0.341 e. The van der Waals surface area contributed by atoms with E-state index in [2.05, 4.69) is 10.3 Å². The van der Waals surface area contributed by atoms with E-state index in [1.165, 1.54) is 12.1 Å². The first-order chi connectivity index (χ1) is 12.8. The molecule has 0 saturated carbocycles. The molecule has 0 unspecified atom stereocenters. The molecule has 3 aromatic rings. The summed E-state index contributed by atoms with van der Waals surface area (Å²) in [6.07, 6.45) is -1.80. The van der Waals surface area contributed by atoms with Gasteiger partial charge in [-0.3, -0.25) is 9.36 Å². The van der Waals surface area contributed by atoms with Crippen LogP contribution in [0.5, 0.6) is 0 Å². The number of carboxylic acids is 1. The van der Waals surface area contributed by atoms with Crippen LogP contribution in [0.4, 0.5) is 23.4 Å². The van der Waals surface area contributed by atoms with Crippen molar-refractivity contribution in [2.24, 2.45) is 0 Å². The van der Waals surface area contributed by atoms with Crippen LogP contribution in [0.1, 0.15) is 10.4 Å². The number of nitrogens with one attached hydrogen (secondary N) is 1. The van der Waals surface area contributed by atoms with Gasteiger partial charge in [-0.15, -0.1) is 0 Å². The second-order valence-electron chi connectivity index (χ2n) is 5.48. The Morgan fingerprint density at radius 3 is 2.59 bits per heavy atom. The number of carbonyl (C=O) groups is 1. The van der Waals surface area contributed by atoms with Crippen molar-refractivity contribution in [3.05, 3.63) is 63.9 Å². The predicted molar refractivity (Wildman–Crippen MR) is 88.7 cm³/mol. The van der Waals surface area contributed by atoms with Crippen molar-refractivity contribution in [1.29, 1.82) is 0 Å². The number of hydrogen-bond donors (Lipinski definition) is 2. The molecule has 0 radical (unpaired) electrons. The molecule has 0 aliphatic carbocycles. The molecule has 0 aliphatic heterocycles. The minimum absolute atomic E-state index is 0.0263. The van der Waals surface area contributed by atoms with Crippen LogP contribution in [-0.4, -0.2) is 33.6 Å². The second kappa shape index (κ2) is 7.06. The van der Waals surface area contributed by atoms with E-state index < -0.39 is 41.6 Å². The first kappa shape index (κ1) is 18.4. The topological polar surface area (TPSA) is 84.2 Å². The second-order valence-corrected chi connectivity index (χ2v) is 5.48. The van der Waals surface area contributed by atoms with E-state index in [1.54, 1.807) is 0 Å². The highest BCUT2D eigenvalue weighted by atomic mass is 19.3. The molecule has 0 bridgehead atoms. The highest BCUT2D eigenvalue weighted by Gasteiger charge is 2.18. The molecule has 2 N–H and O–H groups in total. The number of alkyl halides is 2. The van der Waals surface area contributed by atoms with Gasteiger partial charge in [-0.25, -0.2) is 27.3 Å². The van der Waals surface area contributed by atoms with Gasteiger partial charge in [0.2, 0.25) is 5.43 Å². The van der Waals surface area contributed by atoms with Gasteiger partial charge in [0.15, 0.2) is 5.65 Å². The average Bonchev–Trinajstić information content (AvgIpc) is 2.60. The van der Waals surface area contributed by atoms with Crippen molar-refractivity contribution < 1.29 is 27.5 Å². The number of hydrogen-bond acceptors (Lipinski definition) is 4. The number of pyridine rings is 2. The average molecular weight is 381 g/mol. The maximum absolute atomic E-state index is 14.2. The number of fused-ring (bicyclic) bond motifs is 1. The number of rotatable bonds is 5. The molecule has 3 rings (SSSR count). The number of halogens is 4. The molecule has 0 aliphatic rings. The van der Waals surface area contributed by atoms with E-state index >= 15 is 0 Å². The third-order valence-corrected chi connectivity index (χ3v) is 3.69. The zero-order valence-corrected chi connectivity index (χ0v) is 13.4. The summed E-state index contributed by atoms with van der Waals surface area (Å²) < 4.78 is 53.1. The number of aromatic nitrogens is 2. The van der Waals surface area contributed by atoms with Crippen molar-refractivity contribution >= 4 is 22.8 Å². The van der Waals surface area contributed by atoms with E-state index in [1.807, 2.05) is 0 Å². The van der Waals surface area contributed by atoms with Gasteiger partial charge in [0.05, 0.1) is 17.6 Å². The van der Waals surface area contributed by atoms with Crippen molar-refractivity contribution in [2.75, 3.05) is 11.9 Å². The van der Waals surface area contributed by atoms with Crippen LogP contribution in [-0.2, 0) is 0 Å². The zero-order valence-electron chi connectivity index (χ0n) is 13.4. The van der Waals surface area contributed by atoms with Crippen LogP contribution >= 0.6 is 0 Å². The lowest BCUT2D eigenvalue weighted by molar-refractivity contribution is 0.0695. The summed E-state index contributed by atoms with van der Waals surface area (Å²) >= 11 is 0. The summed E-state index contributed by atoms with van der Waals surface area (Å²) in [4.78, 5) is 27.7. The van der Waals surface area contributed by atoms with Crippen LogP contribution in [0.25, 0.3) is 16.7 Å². The lowest BCUT2D eigenvalue weighted by Crippen LogP contribution is -2.20. The van der Waals surface area contributed by atoms with Gasteiger partial charge >= 0.3 is 5.97 Å². The minimum atomic E-state index is -2.66. The summed E-state index contributed by atoms with van der Waals surface area (Å²) in [6.45, 7) is -0.707. The van der Waals surface area contributed by atoms with E-state index in [-0.39, 0.29) is 22.5 Å². The standard InChI is InChI=1S/C17H11F4N3O3/c18-8-1-3-12(11(19)5-8)24-7-10(17(26)27)15(25)9-2-4-14(23-16(9)24)22-6-13(20)21/h1-5,7,13H,6H2,(H,22,23)(H,26,27). The lowest BCUT2D eigenvalue weighted by atomic mass is 10.1. The maximum atomic E-state index is 14.2. The fourth-order valence-electron chi connectivity index (χ4n) is 2.50. The molecule has 1 aromatic carbocycles. The van der Waals surface area contributed by atoms with Gasteiger partial charge in [0.1, 0.15) is 23.0 Å². The molecule has 6 nitrogen and oxygen atoms in total. The molecule has 0 fully saturated rings. The van der Waals surface area contributed by atoms with Gasteiger partial charge in [-0.2, -0.15) is 0 Å². The molecule has 27 heavy (non-hydrogen) atoms. The monoisotopic (exact) mass is 381 g/mol. The molecule has 140 valence electrons. The molecular formula is C17H11F4N3O3. The van der Waals surface area contributed by atoms with Crippen molar-refractivity contribution in [2.45, 2.75) is 6.43 Å². The Kier molecular flexibility index (Phi) is 4.80. The zero-order chi connectivity index (χ0) is 19.7. The summed E-state index contributed by atoms with van der Waals surface area (Å²) in [6, 6.07) is 4.99. The Labute approximate surface area is 148 Å². The normalized spacial score (nSPS) is 11.1. The molecule has 0 saturated heterocycles. The van der Waals surface area contributed by atoms with Gasteiger partial charge in [-0.1, -0.05) is 0 Å². The lowest BCUT2D eigenvalue weighted by Gasteiger charge is -2.14. The number of anilines is 1. The fraction of sp³-hybridized carbons (Fsp3) is 0.118. The van der Waals surface area contributed by atoms with Crippen molar-refractivity contribution in [3.63, 3.8) is 0 Å². The third-order valence-electron chi connectivity index (χ3n) is 3.69. The van der Waals surface area contributed by atoms with Crippen LogP contribution in [0, 0.1) is 11.6 Å². The van der Waals surface area contributed by atoms with Crippen molar-refractivity contribution in [3.8, 4) is 5.69 Å². The Morgan fingerprint density at radius 2 is 1.96 bits per heavy atom. The number of aromatic carboxylic acids is 1. The predicted octanol–water partition coefficient (Wildman–Crippen LogP) is 3.04. The summed E-state index contributed by atoms with van der Waals surface area (Å²) in [5.74, 6) is -3.45. The van der Waals surface area contributed by atoms with Gasteiger partial charge < -0.3 is 10.4 Å². The summed E-state index contributed by atoms with van der Waals surface area (Å²) in [5.41, 5.74) is -1.96. The molecule has 2 aromatic heterocycles. The van der Waals surface area contributed by atoms with E-state index in [0.717, 1.165) is 22.9 Å². The maximum Gasteiger partial charge on any atom is 0.341 e.